The number of anilines is 1. The Morgan fingerprint density at radius 3 is 2.65 bits per heavy atom. The van der Waals surface area contributed by atoms with Crippen LogP contribution in [0.2, 0.25) is 0 Å². The van der Waals surface area contributed by atoms with Crippen LogP contribution in [0.4, 0.5) is 18.9 Å². The number of hydrogen-bond acceptors (Lipinski definition) is 5. The summed E-state index contributed by atoms with van der Waals surface area (Å²) in [5.74, 6) is 0. The van der Waals surface area contributed by atoms with E-state index in [9.17, 15) is 21.6 Å². The Bertz CT molecular complexity index is 1380. The summed E-state index contributed by atoms with van der Waals surface area (Å²) in [4.78, 5) is 3.09. The zero-order chi connectivity index (χ0) is 22.4. The highest BCUT2D eigenvalue weighted by molar-refractivity contribution is 7.92. The van der Waals surface area contributed by atoms with Crippen LogP contribution in [0.25, 0.3) is 16.6 Å². The number of nitrogens with zero attached hydrogens (tertiary/aromatic N) is 5. The number of rotatable bonds is 5. The fourth-order valence-corrected chi connectivity index (χ4v) is 4.19. The summed E-state index contributed by atoms with van der Waals surface area (Å²) in [6.07, 6.45) is 0.911. The molecule has 0 bridgehead atoms. The Labute approximate surface area is 175 Å². The zero-order valence-corrected chi connectivity index (χ0v) is 17.2. The lowest BCUT2D eigenvalue weighted by Crippen LogP contribution is -2.14. The first-order valence-corrected chi connectivity index (χ1v) is 10.6. The van der Waals surface area contributed by atoms with Crippen LogP contribution >= 0.6 is 0 Å². The first-order valence-electron chi connectivity index (χ1n) is 9.15. The number of alkyl halides is 3. The maximum atomic E-state index is 13.0. The highest BCUT2D eigenvalue weighted by atomic mass is 32.2. The summed E-state index contributed by atoms with van der Waals surface area (Å²) < 4.78 is 69.9. The number of aryl methyl sites for hydroxylation is 2. The second-order valence-electron chi connectivity index (χ2n) is 6.82. The van der Waals surface area contributed by atoms with E-state index < -0.39 is 21.9 Å². The summed E-state index contributed by atoms with van der Waals surface area (Å²) in [5, 5.41) is 9.02. The monoisotopic (exact) mass is 450 g/mol. The van der Waals surface area contributed by atoms with Crippen LogP contribution in [-0.4, -0.2) is 33.0 Å². The first kappa shape index (κ1) is 20.8. The number of pyridine rings is 1. The Morgan fingerprint density at radius 2 is 1.94 bits per heavy atom. The molecule has 1 aromatic carbocycles. The number of nitrogens with one attached hydrogen (secondary N) is 1. The predicted molar refractivity (Wildman–Crippen MR) is 107 cm³/mol. The molecule has 0 unspecified atom stereocenters. The summed E-state index contributed by atoms with van der Waals surface area (Å²) >= 11 is 0. The lowest BCUT2D eigenvalue weighted by molar-refractivity contribution is -0.141. The second kappa shape index (κ2) is 7.38. The zero-order valence-electron chi connectivity index (χ0n) is 16.4. The third-order valence-corrected chi connectivity index (χ3v) is 5.97. The molecular weight excluding hydrogens is 433 g/mol. The molecular formula is C19H17F3N6O2S. The summed E-state index contributed by atoms with van der Waals surface area (Å²) in [7, 11) is -2.34. The molecule has 0 amide bonds. The smallest absolute Gasteiger partial charge is 0.277 e. The van der Waals surface area contributed by atoms with Crippen molar-refractivity contribution in [1.82, 2.24) is 24.5 Å². The van der Waals surface area contributed by atoms with Gasteiger partial charge in [0.05, 0.1) is 23.8 Å². The Kier molecular flexibility index (Phi) is 4.96. The van der Waals surface area contributed by atoms with Gasteiger partial charge in [0, 0.05) is 24.8 Å². The quantitative estimate of drug-likeness (QED) is 0.502. The summed E-state index contributed by atoms with van der Waals surface area (Å²) in [6, 6.07) is 5.77. The highest BCUT2D eigenvalue weighted by Crippen LogP contribution is 2.30. The molecule has 0 saturated carbocycles. The number of hydrogen-bond donors (Lipinski definition) is 1. The molecule has 1 N–H and O–H groups in total. The van der Waals surface area contributed by atoms with Gasteiger partial charge in [-0.15, -0.1) is 0 Å². The standard InChI is InChI=1S/C19H17F3N6O2S/c1-3-12-4-5-13-10-27(2)25-17(13)18(12)26-31(29,30)15-9-24-28(11-15)14-6-7-23-16(8-14)19(20,21)22/h4-11,26H,3H2,1-2H3. The van der Waals surface area contributed by atoms with E-state index in [2.05, 4.69) is 19.9 Å². The van der Waals surface area contributed by atoms with Gasteiger partial charge >= 0.3 is 6.18 Å². The molecule has 3 aromatic heterocycles. The third-order valence-electron chi connectivity index (χ3n) is 4.66. The van der Waals surface area contributed by atoms with Gasteiger partial charge < -0.3 is 0 Å². The van der Waals surface area contributed by atoms with E-state index in [0.717, 1.165) is 40.3 Å². The topological polar surface area (TPSA) is 94.7 Å². The molecule has 12 heteroatoms. The van der Waals surface area contributed by atoms with Gasteiger partial charge in [0.1, 0.15) is 16.1 Å². The normalized spacial score (nSPS) is 12.4. The van der Waals surface area contributed by atoms with Crippen molar-refractivity contribution in [3.8, 4) is 5.69 Å². The average Bonchev–Trinajstić information content (AvgIpc) is 3.34. The highest BCUT2D eigenvalue weighted by Gasteiger charge is 2.32. The number of benzene rings is 1. The van der Waals surface area contributed by atoms with Gasteiger partial charge in [-0.05, 0) is 24.1 Å². The van der Waals surface area contributed by atoms with Crippen LogP contribution in [0.5, 0.6) is 0 Å². The molecule has 0 spiro atoms. The molecule has 4 rings (SSSR count). The first-order chi connectivity index (χ1) is 14.6. The van der Waals surface area contributed by atoms with E-state index in [0.29, 0.717) is 17.6 Å². The van der Waals surface area contributed by atoms with Gasteiger partial charge in [-0.3, -0.25) is 14.4 Å². The minimum atomic E-state index is -4.63. The lowest BCUT2D eigenvalue weighted by Gasteiger charge is -2.11. The Balaban J connectivity index is 1.71. The minimum Gasteiger partial charge on any atom is -0.277 e. The van der Waals surface area contributed by atoms with E-state index >= 15 is 0 Å². The van der Waals surface area contributed by atoms with E-state index in [1.165, 1.54) is 6.07 Å². The van der Waals surface area contributed by atoms with Crippen molar-refractivity contribution in [2.45, 2.75) is 24.4 Å². The van der Waals surface area contributed by atoms with Gasteiger partial charge in [-0.25, -0.2) is 13.1 Å². The number of aromatic nitrogens is 5. The van der Waals surface area contributed by atoms with Crippen molar-refractivity contribution in [1.29, 1.82) is 0 Å². The maximum Gasteiger partial charge on any atom is 0.433 e. The van der Waals surface area contributed by atoms with Crippen LogP contribution in [0.1, 0.15) is 18.2 Å². The van der Waals surface area contributed by atoms with Crippen molar-refractivity contribution in [2.75, 3.05) is 4.72 Å². The predicted octanol–water partition coefficient (Wildman–Crippen LogP) is 3.54. The van der Waals surface area contributed by atoms with E-state index in [4.69, 9.17) is 0 Å². The molecule has 31 heavy (non-hydrogen) atoms. The van der Waals surface area contributed by atoms with E-state index in [1.54, 1.807) is 17.9 Å². The molecule has 0 aliphatic heterocycles. The van der Waals surface area contributed by atoms with Crippen LogP contribution in [0, 0.1) is 0 Å². The van der Waals surface area contributed by atoms with Crippen molar-refractivity contribution in [2.24, 2.45) is 7.05 Å². The fraction of sp³-hybridized carbons (Fsp3) is 0.211. The Hall–Kier alpha value is -3.41. The number of sulfonamides is 1. The van der Waals surface area contributed by atoms with E-state index in [1.807, 2.05) is 19.1 Å². The largest absolute Gasteiger partial charge is 0.433 e. The molecule has 0 radical (unpaired) electrons. The van der Waals surface area contributed by atoms with Crippen molar-refractivity contribution >= 4 is 26.6 Å². The Morgan fingerprint density at radius 1 is 1.16 bits per heavy atom. The van der Waals surface area contributed by atoms with Crippen LogP contribution in [0.3, 0.4) is 0 Å². The molecule has 0 saturated heterocycles. The van der Waals surface area contributed by atoms with Crippen LogP contribution < -0.4 is 4.72 Å². The second-order valence-corrected chi connectivity index (χ2v) is 8.50. The van der Waals surface area contributed by atoms with Crippen molar-refractivity contribution in [3.63, 3.8) is 0 Å². The molecule has 4 aromatic rings. The van der Waals surface area contributed by atoms with Gasteiger partial charge in [0.2, 0.25) is 0 Å². The summed E-state index contributed by atoms with van der Waals surface area (Å²) in [5.41, 5.74) is 0.548. The third kappa shape index (κ3) is 3.98. The minimum absolute atomic E-state index is 0.0323. The van der Waals surface area contributed by atoms with Gasteiger partial charge in [-0.1, -0.05) is 19.1 Å². The fourth-order valence-electron chi connectivity index (χ4n) is 3.15. The van der Waals surface area contributed by atoms with E-state index in [-0.39, 0.29) is 10.6 Å². The van der Waals surface area contributed by atoms with Crippen LogP contribution in [-0.2, 0) is 29.7 Å². The molecule has 3 heterocycles. The van der Waals surface area contributed by atoms with Gasteiger partial charge in [-0.2, -0.15) is 23.4 Å². The molecule has 0 aliphatic carbocycles. The van der Waals surface area contributed by atoms with Crippen molar-refractivity contribution in [3.05, 3.63) is 60.3 Å². The summed E-state index contributed by atoms with van der Waals surface area (Å²) in [6.45, 7) is 1.89. The molecule has 162 valence electrons. The van der Waals surface area contributed by atoms with Gasteiger partial charge in [0.15, 0.2) is 0 Å². The maximum absolute atomic E-state index is 13.0. The lowest BCUT2D eigenvalue weighted by atomic mass is 10.1. The number of fused-ring (bicyclic) bond motifs is 1. The SMILES string of the molecule is CCc1ccc2cn(C)nc2c1NS(=O)(=O)c1cnn(-c2ccnc(C(F)(F)F)c2)c1. The molecule has 0 atom stereocenters. The average molecular weight is 450 g/mol. The van der Waals surface area contributed by atoms with Gasteiger partial charge in [0.25, 0.3) is 10.0 Å². The van der Waals surface area contributed by atoms with Crippen LogP contribution in [0.15, 0.2) is 53.9 Å². The molecule has 0 fully saturated rings. The van der Waals surface area contributed by atoms with Crippen molar-refractivity contribution < 1.29 is 21.6 Å². The number of halogens is 3. The molecule has 8 nitrogen and oxygen atoms in total. The molecule has 0 aliphatic rings.